The predicted molar refractivity (Wildman–Crippen MR) is 117 cm³/mol. The van der Waals surface area contributed by atoms with Gasteiger partial charge < -0.3 is 19.6 Å². The maximum Gasteiger partial charge on any atom is 0.294 e. The molecule has 0 aliphatic carbocycles. The molecule has 0 aliphatic heterocycles. The number of hydrogen-bond acceptors (Lipinski definition) is 4. The van der Waals surface area contributed by atoms with Gasteiger partial charge in [0.2, 0.25) is 5.58 Å². The predicted octanol–water partition coefficient (Wildman–Crippen LogP) is 2.41. The summed E-state index contributed by atoms with van der Waals surface area (Å²) in [5.41, 5.74) is 2.96. The number of carbonyl (C=O) groups excluding carboxylic acids is 1. The van der Waals surface area contributed by atoms with Crippen molar-refractivity contribution in [2.45, 2.75) is 26.8 Å². The van der Waals surface area contributed by atoms with Gasteiger partial charge in [0.15, 0.2) is 12.4 Å². The van der Waals surface area contributed by atoms with Crippen LogP contribution in [0.3, 0.4) is 0 Å². The maximum atomic E-state index is 12.6. The van der Waals surface area contributed by atoms with Crippen molar-refractivity contribution in [3.8, 4) is 0 Å². The van der Waals surface area contributed by atoms with E-state index in [0.29, 0.717) is 23.5 Å². The summed E-state index contributed by atoms with van der Waals surface area (Å²) in [5.74, 6) is 0.483. The van der Waals surface area contributed by atoms with Crippen molar-refractivity contribution in [2.24, 2.45) is 0 Å². The van der Waals surface area contributed by atoms with Crippen molar-refractivity contribution < 1.29 is 14.1 Å². The first-order chi connectivity index (χ1) is 14.5. The number of para-hydroxylation sites is 2. The summed E-state index contributed by atoms with van der Waals surface area (Å²) >= 11 is 0. The molecule has 2 aromatic carbocycles. The van der Waals surface area contributed by atoms with Crippen LogP contribution in [0, 0.1) is 6.92 Å². The monoisotopic (exact) mass is 405 g/mol. The van der Waals surface area contributed by atoms with Crippen LogP contribution in [0.2, 0.25) is 0 Å². The summed E-state index contributed by atoms with van der Waals surface area (Å²) < 4.78 is 5.66. The van der Waals surface area contributed by atoms with Crippen molar-refractivity contribution in [2.75, 3.05) is 18.4 Å². The number of H-pyrrole nitrogens is 1. The first-order valence-corrected chi connectivity index (χ1v) is 10.1. The van der Waals surface area contributed by atoms with Crippen molar-refractivity contribution in [3.63, 3.8) is 0 Å². The smallest absolute Gasteiger partial charge is 0.294 e. The Morgan fingerprint density at radius 2 is 1.93 bits per heavy atom. The zero-order valence-electron chi connectivity index (χ0n) is 17.1. The molecule has 0 aliphatic rings. The Hall–Kier alpha value is -3.45. The summed E-state index contributed by atoms with van der Waals surface area (Å²) in [4.78, 5) is 33.6. The number of aromatic nitrogens is 2. The molecule has 1 atom stereocenters. The Kier molecular flexibility index (Phi) is 5.63. The third-order valence-corrected chi connectivity index (χ3v) is 5.13. The lowest BCUT2D eigenvalue weighted by Crippen LogP contribution is -3.11. The fourth-order valence-corrected chi connectivity index (χ4v) is 3.70. The second-order valence-electron chi connectivity index (χ2n) is 7.51. The van der Waals surface area contributed by atoms with Crippen LogP contribution < -0.4 is 15.8 Å². The largest absolute Gasteiger partial charge is 0.449 e. The fourth-order valence-electron chi connectivity index (χ4n) is 3.70. The number of hydrogen-bond donors (Lipinski definition) is 3. The minimum atomic E-state index is -0.300. The molecular weight excluding hydrogens is 380 g/mol. The first-order valence-electron chi connectivity index (χ1n) is 10.1. The summed E-state index contributed by atoms with van der Waals surface area (Å²) in [6.07, 6.45) is 0.911. The number of nitrogens with zero attached hydrogens (tertiary/aromatic N) is 1. The van der Waals surface area contributed by atoms with Gasteiger partial charge in [-0.15, -0.1) is 0 Å². The molecule has 1 unspecified atom stereocenters. The highest BCUT2D eigenvalue weighted by Crippen LogP contribution is 2.24. The van der Waals surface area contributed by atoms with E-state index >= 15 is 0 Å². The van der Waals surface area contributed by atoms with Gasteiger partial charge >= 0.3 is 0 Å². The van der Waals surface area contributed by atoms with Gasteiger partial charge in [0, 0.05) is 11.1 Å². The number of quaternary nitrogens is 1. The number of anilines is 1. The molecule has 0 spiro atoms. The first kappa shape index (κ1) is 19.8. The Labute approximate surface area is 173 Å². The third-order valence-electron chi connectivity index (χ3n) is 5.13. The molecule has 4 aromatic rings. The lowest BCUT2D eigenvalue weighted by atomic mass is 10.2. The highest BCUT2D eigenvalue weighted by molar-refractivity contribution is 6.01. The molecule has 154 valence electrons. The van der Waals surface area contributed by atoms with E-state index in [9.17, 15) is 9.59 Å². The third kappa shape index (κ3) is 4.11. The van der Waals surface area contributed by atoms with E-state index in [4.69, 9.17) is 4.42 Å². The summed E-state index contributed by atoms with van der Waals surface area (Å²) in [5, 5.41) is 3.79. The Morgan fingerprint density at radius 1 is 1.17 bits per heavy atom. The second-order valence-corrected chi connectivity index (χ2v) is 7.51. The molecule has 0 fully saturated rings. The van der Waals surface area contributed by atoms with Crippen LogP contribution in [0.25, 0.3) is 22.1 Å². The lowest BCUT2D eigenvalue weighted by molar-refractivity contribution is -0.906. The van der Waals surface area contributed by atoms with Gasteiger partial charge in [0.05, 0.1) is 6.54 Å². The Balaban J connectivity index is 1.56. The molecule has 0 saturated heterocycles. The van der Waals surface area contributed by atoms with E-state index in [2.05, 4.69) is 22.2 Å². The molecule has 7 heteroatoms. The van der Waals surface area contributed by atoms with Crippen LogP contribution in [-0.4, -0.2) is 29.0 Å². The zero-order chi connectivity index (χ0) is 21.1. The van der Waals surface area contributed by atoms with Crippen LogP contribution in [0.5, 0.6) is 0 Å². The van der Waals surface area contributed by atoms with E-state index in [-0.39, 0.29) is 23.6 Å². The van der Waals surface area contributed by atoms with Crippen molar-refractivity contribution in [3.05, 3.63) is 70.3 Å². The molecule has 4 rings (SSSR count). The van der Waals surface area contributed by atoms with Gasteiger partial charge in [-0.25, -0.2) is 4.98 Å². The average Bonchev–Trinajstić information content (AvgIpc) is 3.09. The molecule has 3 N–H and O–H groups in total. The second kappa shape index (κ2) is 8.51. The molecule has 0 radical (unpaired) electrons. The SMILES string of the molecule is CCC[NH+](CC(=O)Nc1ccccc1C)Cc1nc2c(oc3ccccc32)c(=O)[nH]1. The number of furan rings is 1. The van der Waals surface area contributed by atoms with E-state index in [0.717, 1.165) is 34.5 Å². The topological polar surface area (TPSA) is 92.4 Å². The Bertz CT molecular complexity index is 1260. The fraction of sp³-hybridized carbons (Fsp3) is 0.261. The number of nitrogens with one attached hydrogen (secondary N) is 3. The number of rotatable bonds is 7. The molecule has 0 bridgehead atoms. The number of amides is 1. The number of benzene rings is 2. The highest BCUT2D eigenvalue weighted by atomic mass is 16.3. The molecule has 30 heavy (non-hydrogen) atoms. The zero-order valence-corrected chi connectivity index (χ0v) is 17.1. The van der Waals surface area contributed by atoms with Crippen LogP contribution in [0.4, 0.5) is 5.69 Å². The minimum Gasteiger partial charge on any atom is -0.449 e. The van der Waals surface area contributed by atoms with Crippen LogP contribution >= 0.6 is 0 Å². The van der Waals surface area contributed by atoms with Gasteiger partial charge in [0.25, 0.3) is 11.5 Å². The molecule has 7 nitrogen and oxygen atoms in total. The molecule has 0 saturated carbocycles. The summed E-state index contributed by atoms with van der Waals surface area (Å²) in [7, 11) is 0. The normalized spacial score (nSPS) is 12.3. The average molecular weight is 405 g/mol. The molecule has 1 amide bonds. The van der Waals surface area contributed by atoms with E-state index in [1.54, 1.807) is 0 Å². The molecule has 2 heterocycles. The maximum absolute atomic E-state index is 12.6. The quantitative estimate of drug-likeness (QED) is 0.440. The number of aromatic amines is 1. The van der Waals surface area contributed by atoms with Crippen LogP contribution in [0.1, 0.15) is 24.7 Å². The molecule has 2 aromatic heterocycles. The van der Waals surface area contributed by atoms with Gasteiger partial charge in [-0.3, -0.25) is 9.59 Å². The Morgan fingerprint density at radius 3 is 2.73 bits per heavy atom. The van der Waals surface area contributed by atoms with Crippen molar-refractivity contribution in [1.29, 1.82) is 0 Å². The summed E-state index contributed by atoms with van der Waals surface area (Å²) in [6.45, 7) is 5.55. The van der Waals surface area contributed by atoms with Gasteiger partial charge in [-0.05, 0) is 37.1 Å². The van der Waals surface area contributed by atoms with E-state index < -0.39 is 0 Å². The van der Waals surface area contributed by atoms with E-state index in [1.165, 1.54) is 0 Å². The standard InChI is InChI=1S/C23H24N4O3/c1-3-12-27(14-20(28)24-17-10-6-4-8-15(17)2)13-19-25-21-16-9-5-7-11-18(16)30-22(21)23(29)26-19/h4-11H,3,12-14H2,1-2H3,(H,24,28)(H,25,26,29)/p+1. The van der Waals surface area contributed by atoms with Crippen LogP contribution in [0.15, 0.2) is 57.7 Å². The van der Waals surface area contributed by atoms with Gasteiger partial charge in [-0.2, -0.15) is 0 Å². The van der Waals surface area contributed by atoms with Gasteiger partial charge in [-0.1, -0.05) is 37.3 Å². The number of aryl methyl sites for hydroxylation is 1. The number of carbonyl (C=O) groups is 1. The molecular formula is C23H25N4O3+. The van der Waals surface area contributed by atoms with Gasteiger partial charge in [0.1, 0.15) is 17.6 Å². The minimum absolute atomic E-state index is 0.0649. The van der Waals surface area contributed by atoms with Crippen LogP contribution in [-0.2, 0) is 11.3 Å². The van der Waals surface area contributed by atoms with Crippen molar-refractivity contribution >= 4 is 33.7 Å². The lowest BCUT2D eigenvalue weighted by Gasteiger charge is -2.18. The van der Waals surface area contributed by atoms with E-state index in [1.807, 2.05) is 55.5 Å². The number of fused-ring (bicyclic) bond motifs is 3. The highest BCUT2D eigenvalue weighted by Gasteiger charge is 2.19. The van der Waals surface area contributed by atoms with Crippen molar-refractivity contribution in [1.82, 2.24) is 9.97 Å². The summed E-state index contributed by atoms with van der Waals surface area (Å²) in [6, 6.07) is 15.2.